The maximum Gasteiger partial charge on any atom is 0.282 e. The number of halogens is 2. The second kappa shape index (κ2) is 5.86. The normalized spacial score (nSPS) is 11.9. The molecular formula is C13H9BrClNO2S. The summed E-state index contributed by atoms with van der Waals surface area (Å²) in [4.78, 5) is 0.114. The summed E-state index contributed by atoms with van der Waals surface area (Å²) in [5, 5.41) is 0.481. The van der Waals surface area contributed by atoms with Gasteiger partial charge in [-0.2, -0.15) is 12.8 Å². The molecule has 0 unspecified atom stereocenters. The molecule has 0 amide bonds. The van der Waals surface area contributed by atoms with Crippen LogP contribution in [0.3, 0.4) is 0 Å². The molecule has 2 rings (SSSR count). The van der Waals surface area contributed by atoms with Crippen LogP contribution in [0.4, 0.5) is 0 Å². The van der Waals surface area contributed by atoms with Crippen molar-refractivity contribution in [1.82, 2.24) is 0 Å². The molecule has 3 nitrogen and oxygen atoms in total. The lowest BCUT2D eigenvalue weighted by atomic mass is 10.2. The highest BCUT2D eigenvalue weighted by Gasteiger charge is 2.10. The van der Waals surface area contributed by atoms with Gasteiger partial charge in [-0.25, -0.2) is 0 Å². The molecule has 19 heavy (non-hydrogen) atoms. The Morgan fingerprint density at radius 2 is 1.79 bits per heavy atom. The van der Waals surface area contributed by atoms with Gasteiger partial charge in [0.1, 0.15) is 0 Å². The van der Waals surface area contributed by atoms with Gasteiger partial charge in [0.25, 0.3) is 10.0 Å². The molecule has 0 fully saturated rings. The van der Waals surface area contributed by atoms with E-state index in [-0.39, 0.29) is 4.90 Å². The molecule has 0 aromatic heterocycles. The standard InChI is InChI=1S/C13H9BrClNO2S/c14-11-3-1-2-10(8-11)9-16-19(17,18)13-6-4-12(15)5-7-13/h1-9H. The summed E-state index contributed by atoms with van der Waals surface area (Å²) in [6, 6.07) is 13.1. The van der Waals surface area contributed by atoms with Crippen LogP contribution in [-0.4, -0.2) is 14.6 Å². The number of benzene rings is 2. The van der Waals surface area contributed by atoms with Crippen LogP contribution in [0.2, 0.25) is 5.02 Å². The van der Waals surface area contributed by atoms with E-state index in [0.717, 1.165) is 4.47 Å². The Balaban J connectivity index is 2.29. The van der Waals surface area contributed by atoms with Crippen molar-refractivity contribution in [3.05, 3.63) is 63.6 Å². The van der Waals surface area contributed by atoms with Crippen molar-refractivity contribution in [3.8, 4) is 0 Å². The van der Waals surface area contributed by atoms with Crippen molar-refractivity contribution >= 4 is 43.8 Å². The van der Waals surface area contributed by atoms with Gasteiger partial charge in [0.15, 0.2) is 0 Å². The predicted octanol–water partition coefficient (Wildman–Crippen LogP) is 3.91. The third kappa shape index (κ3) is 3.89. The first-order valence-electron chi connectivity index (χ1n) is 5.29. The van der Waals surface area contributed by atoms with Crippen molar-refractivity contribution < 1.29 is 8.42 Å². The van der Waals surface area contributed by atoms with Crippen molar-refractivity contribution in [2.75, 3.05) is 0 Å². The van der Waals surface area contributed by atoms with Crippen LogP contribution in [0.25, 0.3) is 0 Å². The zero-order chi connectivity index (χ0) is 13.9. The van der Waals surface area contributed by atoms with Gasteiger partial charge in [0, 0.05) is 15.7 Å². The molecule has 0 atom stereocenters. The molecule has 0 heterocycles. The molecular weight excluding hydrogens is 350 g/mol. The molecule has 0 spiro atoms. The van der Waals surface area contributed by atoms with Crippen molar-refractivity contribution in [3.63, 3.8) is 0 Å². The van der Waals surface area contributed by atoms with Gasteiger partial charge in [-0.05, 0) is 42.0 Å². The van der Waals surface area contributed by atoms with Crippen molar-refractivity contribution in [2.24, 2.45) is 4.40 Å². The Bertz CT molecular complexity index is 712. The van der Waals surface area contributed by atoms with E-state index >= 15 is 0 Å². The predicted molar refractivity (Wildman–Crippen MR) is 80.4 cm³/mol. The third-order valence-corrected chi connectivity index (χ3v) is 4.30. The molecule has 0 saturated heterocycles. The van der Waals surface area contributed by atoms with Gasteiger partial charge in [-0.1, -0.05) is 39.7 Å². The second-order valence-corrected chi connectivity index (χ2v) is 6.70. The summed E-state index contributed by atoms with van der Waals surface area (Å²) in [6.45, 7) is 0. The summed E-state index contributed by atoms with van der Waals surface area (Å²) in [7, 11) is -3.69. The van der Waals surface area contributed by atoms with Crippen LogP contribution < -0.4 is 0 Å². The van der Waals surface area contributed by atoms with Crippen LogP contribution in [0.1, 0.15) is 5.56 Å². The fourth-order valence-electron chi connectivity index (χ4n) is 1.38. The van der Waals surface area contributed by atoms with Gasteiger partial charge in [-0.15, -0.1) is 0 Å². The zero-order valence-electron chi connectivity index (χ0n) is 9.62. The maximum absolute atomic E-state index is 11.9. The van der Waals surface area contributed by atoms with Gasteiger partial charge < -0.3 is 0 Å². The van der Waals surface area contributed by atoms with E-state index in [1.54, 1.807) is 18.2 Å². The molecule has 6 heteroatoms. The fourth-order valence-corrected chi connectivity index (χ4v) is 2.79. The first kappa shape index (κ1) is 14.2. The SMILES string of the molecule is O=S(=O)(N=Cc1cccc(Br)c1)c1ccc(Cl)cc1. The molecule has 0 radical (unpaired) electrons. The number of hydrogen-bond acceptors (Lipinski definition) is 2. The molecule has 98 valence electrons. The van der Waals surface area contributed by atoms with Crippen LogP contribution >= 0.6 is 27.5 Å². The van der Waals surface area contributed by atoms with Gasteiger partial charge in [-0.3, -0.25) is 0 Å². The molecule has 0 aliphatic heterocycles. The topological polar surface area (TPSA) is 46.5 Å². The number of nitrogens with zero attached hydrogens (tertiary/aromatic N) is 1. The van der Waals surface area contributed by atoms with Crippen LogP contribution in [0, 0.1) is 0 Å². The average molecular weight is 359 g/mol. The summed E-state index contributed by atoms with van der Waals surface area (Å²) in [6.07, 6.45) is 1.31. The molecule has 0 N–H and O–H groups in total. The summed E-state index contributed by atoms with van der Waals surface area (Å²) in [5.41, 5.74) is 0.701. The van der Waals surface area contributed by atoms with Crippen LogP contribution in [0.15, 0.2) is 62.3 Å². The summed E-state index contributed by atoms with van der Waals surface area (Å²) in [5.74, 6) is 0. The molecule has 2 aromatic carbocycles. The minimum atomic E-state index is -3.69. The van der Waals surface area contributed by atoms with E-state index in [2.05, 4.69) is 20.3 Å². The minimum absolute atomic E-state index is 0.114. The zero-order valence-corrected chi connectivity index (χ0v) is 12.8. The van der Waals surface area contributed by atoms with E-state index in [0.29, 0.717) is 10.6 Å². The van der Waals surface area contributed by atoms with Gasteiger partial charge in [0.2, 0.25) is 0 Å². The lowest BCUT2D eigenvalue weighted by Gasteiger charge is -1.99. The largest absolute Gasteiger partial charge is 0.282 e. The molecule has 0 bridgehead atoms. The summed E-state index contributed by atoms with van der Waals surface area (Å²) >= 11 is 9.02. The molecule has 0 aliphatic carbocycles. The van der Waals surface area contributed by atoms with E-state index in [1.807, 2.05) is 6.07 Å². The highest BCUT2D eigenvalue weighted by molar-refractivity contribution is 9.10. The highest BCUT2D eigenvalue weighted by Crippen LogP contribution is 2.16. The Kier molecular flexibility index (Phi) is 4.39. The van der Waals surface area contributed by atoms with E-state index < -0.39 is 10.0 Å². The lowest BCUT2D eigenvalue weighted by molar-refractivity contribution is 0.598. The van der Waals surface area contributed by atoms with E-state index in [4.69, 9.17) is 11.6 Å². The first-order chi connectivity index (χ1) is 8.97. The maximum atomic E-state index is 11.9. The molecule has 2 aromatic rings. The van der Waals surface area contributed by atoms with E-state index in [1.165, 1.54) is 30.5 Å². The Morgan fingerprint density at radius 1 is 1.11 bits per heavy atom. The minimum Gasteiger partial charge on any atom is -0.199 e. The van der Waals surface area contributed by atoms with Crippen LogP contribution in [-0.2, 0) is 10.0 Å². The average Bonchev–Trinajstić information content (AvgIpc) is 2.37. The van der Waals surface area contributed by atoms with Crippen molar-refractivity contribution in [1.29, 1.82) is 0 Å². The number of hydrogen-bond donors (Lipinski definition) is 0. The third-order valence-electron chi connectivity index (χ3n) is 2.30. The van der Waals surface area contributed by atoms with Crippen molar-refractivity contribution in [2.45, 2.75) is 4.90 Å². The highest BCUT2D eigenvalue weighted by atomic mass is 79.9. The molecule has 0 aliphatic rings. The number of rotatable bonds is 3. The summed E-state index contributed by atoms with van der Waals surface area (Å²) < 4.78 is 28.4. The second-order valence-electron chi connectivity index (χ2n) is 3.72. The fraction of sp³-hybridized carbons (Fsp3) is 0. The Labute approximate surface area is 125 Å². The Hall–Kier alpha value is -1.17. The smallest absolute Gasteiger partial charge is 0.199 e. The van der Waals surface area contributed by atoms with Gasteiger partial charge in [0.05, 0.1) is 4.90 Å². The van der Waals surface area contributed by atoms with Crippen LogP contribution in [0.5, 0.6) is 0 Å². The van der Waals surface area contributed by atoms with Gasteiger partial charge >= 0.3 is 0 Å². The van der Waals surface area contributed by atoms with E-state index in [9.17, 15) is 8.42 Å². The first-order valence-corrected chi connectivity index (χ1v) is 7.90. The lowest BCUT2D eigenvalue weighted by Crippen LogP contribution is -1.97. The Morgan fingerprint density at radius 3 is 2.42 bits per heavy atom. The number of sulfonamides is 1. The monoisotopic (exact) mass is 357 g/mol. The quantitative estimate of drug-likeness (QED) is 0.781. The molecule has 0 saturated carbocycles.